The van der Waals surface area contributed by atoms with Crippen molar-refractivity contribution in [3.8, 4) is 5.75 Å². The summed E-state index contributed by atoms with van der Waals surface area (Å²) in [5, 5.41) is 9.13. The Morgan fingerprint density at radius 1 is 1.17 bits per heavy atom. The molecule has 0 fully saturated rings. The summed E-state index contributed by atoms with van der Waals surface area (Å²) in [4.78, 5) is 0. The lowest BCUT2D eigenvalue weighted by molar-refractivity contribution is 0.00533. The van der Waals surface area contributed by atoms with Crippen LogP contribution in [-0.4, -0.2) is 24.4 Å². The van der Waals surface area contributed by atoms with E-state index < -0.39 is 0 Å². The van der Waals surface area contributed by atoms with Crippen molar-refractivity contribution in [2.75, 3.05) is 13.7 Å². The lowest BCUT2D eigenvalue weighted by atomic mass is 10.1. The molecule has 0 aliphatic rings. The minimum atomic E-state index is -0.160. The van der Waals surface area contributed by atoms with Gasteiger partial charge in [-0.15, -0.1) is 0 Å². The maximum absolute atomic E-state index is 9.13. The van der Waals surface area contributed by atoms with Crippen molar-refractivity contribution < 1.29 is 14.6 Å². The Hall–Kier alpha value is -1.06. The van der Waals surface area contributed by atoms with Crippen LogP contribution in [0.1, 0.15) is 37.0 Å². The molecule has 0 radical (unpaired) electrons. The average Bonchev–Trinajstić information content (AvgIpc) is 2.32. The van der Waals surface area contributed by atoms with Crippen LogP contribution in [0.2, 0.25) is 0 Å². The Kier molecular flexibility index (Phi) is 5.17. The molecular formula is C15H24O3. The van der Waals surface area contributed by atoms with Crippen molar-refractivity contribution in [2.45, 2.75) is 46.3 Å². The van der Waals surface area contributed by atoms with Crippen molar-refractivity contribution in [1.29, 1.82) is 0 Å². The molecule has 1 rings (SSSR count). The van der Waals surface area contributed by atoms with Crippen LogP contribution in [0.4, 0.5) is 0 Å². The van der Waals surface area contributed by atoms with Crippen molar-refractivity contribution in [3.63, 3.8) is 0 Å². The van der Waals surface area contributed by atoms with Crippen LogP contribution >= 0.6 is 0 Å². The van der Waals surface area contributed by atoms with Gasteiger partial charge in [0.2, 0.25) is 0 Å². The summed E-state index contributed by atoms with van der Waals surface area (Å²) in [5.74, 6) is 0.916. The maximum Gasteiger partial charge on any atom is 0.125 e. The molecule has 0 unspecified atom stereocenters. The molecule has 1 aromatic rings. The Balaban J connectivity index is 2.68. The van der Waals surface area contributed by atoms with E-state index in [0.29, 0.717) is 6.61 Å². The van der Waals surface area contributed by atoms with Crippen molar-refractivity contribution >= 4 is 0 Å². The fourth-order valence-corrected chi connectivity index (χ4v) is 1.86. The third kappa shape index (κ3) is 4.00. The zero-order valence-electron chi connectivity index (χ0n) is 12.0. The molecule has 0 bridgehead atoms. The summed E-state index contributed by atoms with van der Waals surface area (Å²) in [6.45, 7) is 8.79. The molecule has 0 saturated heterocycles. The molecule has 0 heterocycles. The quantitative estimate of drug-likeness (QED) is 0.846. The number of hydrogen-bond acceptors (Lipinski definition) is 3. The molecule has 3 nitrogen and oxygen atoms in total. The number of aliphatic hydroxyl groups excluding tert-OH is 1. The third-order valence-electron chi connectivity index (χ3n) is 3.21. The molecule has 0 aliphatic heterocycles. The average molecular weight is 252 g/mol. The highest BCUT2D eigenvalue weighted by atomic mass is 16.5. The van der Waals surface area contributed by atoms with Gasteiger partial charge in [0.25, 0.3) is 0 Å². The van der Waals surface area contributed by atoms with Gasteiger partial charge in [-0.25, -0.2) is 0 Å². The van der Waals surface area contributed by atoms with Gasteiger partial charge in [0.15, 0.2) is 0 Å². The number of ether oxygens (including phenoxy) is 2. The maximum atomic E-state index is 9.13. The van der Waals surface area contributed by atoms with Gasteiger partial charge in [0, 0.05) is 13.5 Å². The van der Waals surface area contributed by atoms with E-state index in [1.807, 2.05) is 39.8 Å². The Bertz CT molecular complexity index is 374. The van der Waals surface area contributed by atoms with Crippen LogP contribution in [-0.2, 0) is 11.3 Å². The minimum Gasteiger partial charge on any atom is -0.493 e. The van der Waals surface area contributed by atoms with Crippen LogP contribution < -0.4 is 4.74 Å². The number of methoxy groups -OCH3 is 1. The Labute approximate surface area is 110 Å². The van der Waals surface area contributed by atoms with E-state index in [2.05, 4.69) is 0 Å². The van der Waals surface area contributed by atoms with Gasteiger partial charge in [-0.2, -0.15) is 0 Å². The fraction of sp³-hybridized carbons (Fsp3) is 0.600. The van der Waals surface area contributed by atoms with Gasteiger partial charge in [-0.1, -0.05) is 12.1 Å². The highest BCUT2D eigenvalue weighted by molar-refractivity contribution is 5.43. The molecule has 0 aliphatic carbocycles. The van der Waals surface area contributed by atoms with E-state index in [9.17, 15) is 0 Å². The zero-order chi connectivity index (χ0) is 13.8. The largest absolute Gasteiger partial charge is 0.493 e. The summed E-state index contributed by atoms with van der Waals surface area (Å²) in [7, 11) is 1.71. The first-order valence-electron chi connectivity index (χ1n) is 6.28. The van der Waals surface area contributed by atoms with Crippen molar-refractivity contribution in [3.05, 3.63) is 28.8 Å². The summed E-state index contributed by atoms with van der Waals surface area (Å²) in [5.41, 5.74) is 2.89. The predicted molar refractivity (Wildman–Crippen MR) is 73.0 cm³/mol. The Morgan fingerprint density at radius 3 is 2.17 bits per heavy atom. The molecule has 0 spiro atoms. The summed E-state index contributed by atoms with van der Waals surface area (Å²) >= 11 is 0. The molecule has 1 aromatic carbocycles. The van der Waals surface area contributed by atoms with Crippen molar-refractivity contribution in [2.24, 2.45) is 0 Å². The first-order valence-corrected chi connectivity index (χ1v) is 6.28. The molecular weight excluding hydrogens is 228 g/mol. The normalized spacial score (nSPS) is 11.7. The standard InChI is InChI=1S/C15H24O3/c1-11-8-13(10-16)9-12(2)14(11)18-7-6-15(3,4)17-5/h8-9,16H,6-7,10H2,1-5H3. The molecule has 3 heteroatoms. The number of aryl methyl sites for hydroxylation is 2. The molecule has 0 atom stereocenters. The summed E-state index contributed by atoms with van der Waals surface area (Å²) in [6, 6.07) is 3.92. The van der Waals surface area contributed by atoms with Gasteiger partial charge >= 0.3 is 0 Å². The second-order valence-corrected chi connectivity index (χ2v) is 5.28. The van der Waals surface area contributed by atoms with Crippen LogP contribution in [0.25, 0.3) is 0 Å². The number of hydrogen-bond donors (Lipinski definition) is 1. The molecule has 1 N–H and O–H groups in total. The van der Waals surface area contributed by atoms with E-state index in [1.165, 1.54) is 0 Å². The second kappa shape index (κ2) is 6.21. The van der Waals surface area contributed by atoms with E-state index in [4.69, 9.17) is 14.6 Å². The van der Waals surface area contributed by atoms with Crippen LogP contribution in [0.3, 0.4) is 0 Å². The second-order valence-electron chi connectivity index (χ2n) is 5.28. The molecule has 0 aromatic heterocycles. The van der Waals surface area contributed by atoms with Gasteiger partial charge in [0.1, 0.15) is 5.75 Å². The van der Waals surface area contributed by atoms with E-state index in [-0.39, 0.29) is 12.2 Å². The third-order valence-corrected chi connectivity index (χ3v) is 3.21. The number of rotatable bonds is 6. The topological polar surface area (TPSA) is 38.7 Å². The molecule has 0 saturated carbocycles. The van der Waals surface area contributed by atoms with Gasteiger partial charge in [0.05, 0.1) is 18.8 Å². The highest BCUT2D eigenvalue weighted by Gasteiger charge is 2.16. The number of benzene rings is 1. The van der Waals surface area contributed by atoms with Gasteiger partial charge in [-0.3, -0.25) is 0 Å². The van der Waals surface area contributed by atoms with E-state index >= 15 is 0 Å². The first-order chi connectivity index (χ1) is 8.39. The van der Waals surface area contributed by atoms with Crippen molar-refractivity contribution in [1.82, 2.24) is 0 Å². The minimum absolute atomic E-state index is 0.0681. The molecule has 102 valence electrons. The van der Waals surface area contributed by atoms with Crippen LogP contribution in [0, 0.1) is 13.8 Å². The SMILES string of the molecule is COC(C)(C)CCOc1c(C)cc(CO)cc1C. The monoisotopic (exact) mass is 252 g/mol. The number of aliphatic hydroxyl groups is 1. The van der Waals surface area contributed by atoms with E-state index in [1.54, 1.807) is 7.11 Å². The zero-order valence-corrected chi connectivity index (χ0v) is 12.0. The summed E-state index contributed by atoms with van der Waals surface area (Å²) in [6.07, 6.45) is 0.837. The first kappa shape index (κ1) is 15.0. The van der Waals surface area contributed by atoms with Crippen LogP contribution in [0.15, 0.2) is 12.1 Å². The summed E-state index contributed by atoms with van der Waals surface area (Å²) < 4.78 is 11.2. The van der Waals surface area contributed by atoms with Crippen LogP contribution in [0.5, 0.6) is 5.75 Å². The van der Waals surface area contributed by atoms with Gasteiger partial charge in [-0.05, 0) is 44.4 Å². The highest BCUT2D eigenvalue weighted by Crippen LogP contribution is 2.25. The lowest BCUT2D eigenvalue weighted by Crippen LogP contribution is -2.25. The lowest BCUT2D eigenvalue weighted by Gasteiger charge is -2.23. The molecule has 18 heavy (non-hydrogen) atoms. The van der Waals surface area contributed by atoms with Gasteiger partial charge < -0.3 is 14.6 Å². The predicted octanol–water partition coefficient (Wildman–Crippen LogP) is 2.99. The Morgan fingerprint density at radius 2 is 1.72 bits per heavy atom. The fourth-order valence-electron chi connectivity index (χ4n) is 1.86. The van der Waals surface area contributed by atoms with E-state index in [0.717, 1.165) is 28.9 Å². The molecule has 0 amide bonds. The smallest absolute Gasteiger partial charge is 0.125 e.